The molecule has 4 nitrogen and oxygen atoms in total. The Balaban J connectivity index is 2.06. The molecule has 0 aromatic heterocycles. The molecule has 0 unspecified atom stereocenters. The summed E-state index contributed by atoms with van der Waals surface area (Å²) < 4.78 is 11.2. The van der Waals surface area contributed by atoms with Crippen LogP contribution in [-0.4, -0.2) is 53.4 Å². The minimum Gasteiger partial charge on any atom is -0.397 e. The Morgan fingerprint density at radius 1 is 1.33 bits per heavy atom. The molecule has 15 heavy (non-hydrogen) atoms. The zero-order valence-electron chi connectivity index (χ0n) is 9.82. The summed E-state index contributed by atoms with van der Waals surface area (Å²) in [4.78, 5) is 6.45. The van der Waals surface area contributed by atoms with Gasteiger partial charge < -0.3 is 13.8 Å². The number of rotatable bonds is 8. The van der Waals surface area contributed by atoms with Gasteiger partial charge in [0, 0.05) is 26.3 Å². The maximum Gasteiger partial charge on any atom is 0.321 e. The van der Waals surface area contributed by atoms with E-state index in [1.54, 1.807) is 0 Å². The van der Waals surface area contributed by atoms with E-state index < -0.39 is 9.28 Å². The van der Waals surface area contributed by atoms with E-state index in [9.17, 15) is 0 Å². The summed E-state index contributed by atoms with van der Waals surface area (Å²) in [5.41, 5.74) is 0. The number of aliphatic imine (C=N–C) groups is 1. The fourth-order valence-electron chi connectivity index (χ4n) is 1.63. The highest BCUT2D eigenvalue weighted by atomic mass is 28.3. The monoisotopic (exact) mass is 230 g/mol. The molecule has 0 saturated heterocycles. The lowest BCUT2D eigenvalue weighted by atomic mass is 10.4. The third-order valence-electron chi connectivity index (χ3n) is 2.35. The summed E-state index contributed by atoms with van der Waals surface area (Å²) in [6, 6.07) is 1.10. The van der Waals surface area contributed by atoms with Crippen molar-refractivity contribution in [2.75, 3.05) is 32.8 Å². The first-order chi connectivity index (χ1) is 7.36. The topological polar surface area (TPSA) is 34.1 Å². The zero-order chi connectivity index (χ0) is 10.9. The highest BCUT2D eigenvalue weighted by Gasteiger charge is 2.12. The molecule has 0 atom stereocenters. The van der Waals surface area contributed by atoms with Crippen molar-refractivity contribution in [1.29, 1.82) is 0 Å². The standard InChI is InChI=1S/C10H22N2O2Si/c1-3-13-15(14-4-2)9-5-7-12-8-6-11-10-12/h10,15H,3-9H2,1-2H3. The molecule has 1 aliphatic rings. The molecular weight excluding hydrogens is 208 g/mol. The lowest BCUT2D eigenvalue weighted by Crippen LogP contribution is -2.26. The van der Waals surface area contributed by atoms with Crippen LogP contribution in [0, 0.1) is 0 Å². The van der Waals surface area contributed by atoms with E-state index in [-0.39, 0.29) is 0 Å². The molecule has 1 heterocycles. The first-order valence-electron chi connectivity index (χ1n) is 5.84. The van der Waals surface area contributed by atoms with Crippen LogP contribution in [0.5, 0.6) is 0 Å². The average Bonchev–Trinajstić information content (AvgIpc) is 2.71. The van der Waals surface area contributed by atoms with Gasteiger partial charge >= 0.3 is 9.28 Å². The SMILES string of the molecule is CCO[SiH](CCCN1C=NCC1)OCC. The Morgan fingerprint density at radius 3 is 2.60 bits per heavy atom. The number of hydrogen-bond acceptors (Lipinski definition) is 4. The minimum atomic E-state index is -1.37. The molecule has 0 radical (unpaired) electrons. The first-order valence-corrected chi connectivity index (χ1v) is 7.60. The molecule has 0 aromatic carbocycles. The Bertz CT molecular complexity index is 184. The molecule has 0 fully saturated rings. The normalized spacial score (nSPS) is 15.5. The molecule has 5 heteroatoms. The lowest BCUT2D eigenvalue weighted by molar-refractivity contribution is 0.212. The van der Waals surface area contributed by atoms with Crippen LogP contribution < -0.4 is 0 Å². The van der Waals surface area contributed by atoms with Crippen molar-refractivity contribution in [2.45, 2.75) is 26.3 Å². The van der Waals surface area contributed by atoms with Crippen LogP contribution in [0.3, 0.4) is 0 Å². The van der Waals surface area contributed by atoms with Gasteiger partial charge in [-0.15, -0.1) is 0 Å². The third-order valence-corrected chi connectivity index (χ3v) is 4.64. The van der Waals surface area contributed by atoms with Crippen LogP contribution in [0.4, 0.5) is 0 Å². The summed E-state index contributed by atoms with van der Waals surface area (Å²) in [7, 11) is -1.37. The van der Waals surface area contributed by atoms with Crippen molar-refractivity contribution in [3.63, 3.8) is 0 Å². The van der Waals surface area contributed by atoms with Crippen LogP contribution in [0.1, 0.15) is 20.3 Å². The van der Waals surface area contributed by atoms with Gasteiger partial charge in [-0.1, -0.05) is 0 Å². The second kappa shape index (κ2) is 7.84. The molecule has 0 N–H and O–H groups in total. The van der Waals surface area contributed by atoms with Crippen molar-refractivity contribution in [3.05, 3.63) is 0 Å². The smallest absolute Gasteiger partial charge is 0.321 e. The Labute approximate surface area is 94.1 Å². The van der Waals surface area contributed by atoms with Crippen LogP contribution in [0.25, 0.3) is 0 Å². The molecule has 1 rings (SSSR count). The van der Waals surface area contributed by atoms with E-state index in [1.165, 1.54) is 0 Å². The molecule has 1 aliphatic heterocycles. The van der Waals surface area contributed by atoms with Gasteiger partial charge in [-0.25, -0.2) is 0 Å². The molecule has 0 aromatic rings. The van der Waals surface area contributed by atoms with Gasteiger partial charge in [0.15, 0.2) is 0 Å². The summed E-state index contributed by atoms with van der Waals surface area (Å²) in [6.07, 6.45) is 3.11. The van der Waals surface area contributed by atoms with E-state index in [4.69, 9.17) is 8.85 Å². The molecular formula is C10H22N2O2Si. The Kier molecular flexibility index (Phi) is 6.63. The molecule has 0 bridgehead atoms. The minimum absolute atomic E-state index is 0.780. The van der Waals surface area contributed by atoms with Crippen molar-refractivity contribution in [3.8, 4) is 0 Å². The summed E-state index contributed by atoms with van der Waals surface area (Å²) >= 11 is 0. The van der Waals surface area contributed by atoms with E-state index >= 15 is 0 Å². The number of nitrogens with zero attached hydrogens (tertiary/aromatic N) is 2. The quantitative estimate of drug-likeness (QED) is 0.584. The van der Waals surface area contributed by atoms with Crippen molar-refractivity contribution >= 4 is 15.6 Å². The lowest BCUT2D eigenvalue weighted by Gasteiger charge is -2.17. The van der Waals surface area contributed by atoms with Crippen LogP contribution >= 0.6 is 0 Å². The predicted octanol–water partition coefficient (Wildman–Crippen LogP) is 1.01. The maximum absolute atomic E-state index is 5.61. The summed E-state index contributed by atoms with van der Waals surface area (Å²) in [5.74, 6) is 0. The maximum atomic E-state index is 5.61. The van der Waals surface area contributed by atoms with E-state index in [2.05, 4.69) is 9.89 Å². The van der Waals surface area contributed by atoms with Crippen LogP contribution in [0.2, 0.25) is 6.04 Å². The zero-order valence-corrected chi connectivity index (χ0v) is 11.0. The summed E-state index contributed by atoms with van der Waals surface area (Å²) in [5, 5.41) is 0. The van der Waals surface area contributed by atoms with Crippen molar-refractivity contribution in [1.82, 2.24) is 4.90 Å². The third kappa shape index (κ3) is 5.29. The van der Waals surface area contributed by atoms with Gasteiger partial charge in [-0.05, 0) is 26.3 Å². The Morgan fingerprint density at radius 2 is 2.07 bits per heavy atom. The van der Waals surface area contributed by atoms with Crippen LogP contribution in [0.15, 0.2) is 4.99 Å². The second-order valence-electron chi connectivity index (χ2n) is 3.54. The van der Waals surface area contributed by atoms with Gasteiger partial charge in [0.1, 0.15) is 0 Å². The Hall–Kier alpha value is -0.393. The average molecular weight is 230 g/mol. The molecule has 0 spiro atoms. The van der Waals surface area contributed by atoms with E-state index in [0.29, 0.717) is 0 Å². The highest BCUT2D eigenvalue weighted by Crippen LogP contribution is 2.04. The van der Waals surface area contributed by atoms with Crippen LogP contribution in [-0.2, 0) is 8.85 Å². The fraction of sp³-hybridized carbons (Fsp3) is 0.900. The molecule has 88 valence electrons. The molecule has 0 aliphatic carbocycles. The van der Waals surface area contributed by atoms with Gasteiger partial charge in [-0.3, -0.25) is 4.99 Å². The highest BCUT2D eigenvalue weighted by molar-refractivity contribution is 6.44. The number of hydrogen-bond donors (Lipinski definition) is 0. The van der Waals surface area contributed by atoms with Gasteiger partial charge in [0.25, 0.3) is 0 Å². The van der Waals surface area contributed by atoms with Gasteiger partial charge in [0.05, 0.1) is 12.9 Å². The van der Waals surface area contributed by atoms with Gasteiger partial charge in [-0.2, -0.15) is 0 Å². The first kappa shape index (κ1) is 12.7. The molecule has 0 saturated carbocycles. The predicted molar refractivity (Wildman–Crippen MR) is 64.8 cm³/mol. The molecule has 0 amide bonds. The van der Waals surface area contributed by atoms with E-state index in [1.807, 2.05) is 20.2 Å². The van der Waals surface area contributed by atoms with Crippen molar-refractivity contribution < 1.29 is 8.85 Å². The van der Waals surface area contributed by atoms with Crippen molar-refractivity contribution in [2.24, 2.45) is 4.99 Å². The van der Waals surface area contributed by atoms with Gasteiger partial charge in [0.2, 0.25) is 0 Å². The largest absolute Gasteiger partial charge is 0.397 e. The van der Waals surface area contributed by atoms with E-state index in [0.717, 1.165) is 45.3 Å². The fourth-order valence-corrected chi connectivity index (χ4v) is 3.32. The second-order valence-corrected chi connectivity index (χ2v) is 5.64. The summed E-state index contributed by atoms with van der Waals surface area (Å²) in [6.45, 7) is 8.75.